The summed E-state index contributed by atoms with van der Waals surface area (Å²) in [5.41, 5.74) is 0.976. The van der Waals surface area contributed by atoms with Gasteiger partial charge in [0.2, 0.25) is 0 Å². The lowest BCUT2D eigenvalue weighted by molar-refractivity contribution is 0.0534. The van der Waals surface area contributed by atoms with Crippen LogP contribution >= 0.6 is 0 Å². The predicted octanol–water partition coefficient (Wildman–Crippen LogP) is 3.01. The zero-order chi connectivity index (χ0) is 17.4. The monoisotopic (exact) mass is 330 g/mol. The number of amides is 2. The summed E-state index contributed by atoms with van der Waals surface area (Å²) in [6, 6.07) is 15.5. The van der Waals surface area contributed by atoms with E-state index in [0.717, 1.165) is 17.5 Å². The van der Waals surface area contributed by atoms with Gasteiger partial charge >= 0.3 is 6.03 Å². The lowest BCUT2D eigenvalue weighted by Crippen LogP contribution is -2.44. The van der Waals surface area contributed by atoms with Crippen LogP contribution in [-0.4, -0.2) is 23.3 Å². The summed E-state index contributed by atoms with van der Waals surface area (Å²) in [5, 5.41) is 15.7. The smallest absolute Gasteiger partial charge is 0.315 e. The molecule has 0 aliphatic rings. The normalized spacial score (nSPS) is 13.1. The molecule has 5 heteroatoms. The Morgan fingerprint density at radius 3 is 2.38 bits per heavy atom. The number of rotatable bonds is 7. The first-order valence-electron chi connectivity index (χ1n) is 7.97. The highest BCUT2D eigenvalue weighted by atomic mass is 19.1. The second-order valence-electron chi connectivity index (χ2n) is 6.15. The average molecular weight is 330 g/mol. The lowest BCUT2D eigenvalue weighted by Gasteiger charge is -2.23. The Labute approximate surface area is 141 Å². The summed E-state index contributed by atoms with van der Waals surface area (Å²) in [4.78, 5) is 11.8. The largest absolute Gasteiger partial charge is 0.388 e. The number of carbonyl (C=O) groups is 1. The molecule has 0 aliphatic carbocycles. The number of halogens is 1. The Hall–Kier alpha value is -2.40. The quantitative estimate of drug-likeness (QED) is 0.731. The highest BCUT2D eigenvalue weighted by Crippen LogP contribution is 2.13. The van der Waals surface area contributed by atoms with E-state index in [4.69, 9.17) is 0 Å². The van der Waals surface area contributed by atoms with Crippen LogP contribution < -0.4 is 10.6 Å². The van der Waals surface area contributed by atoms with Crippen molar-refractivity contribution in [2.24, 2.45) is 0 Å². The average Bonchev–Trinajstić information content (AvgIpc) is 2.59. The number of benzene rings is 2. The van der Waals surface area contributed by atoms with E-state index in [9.17, 15) is 14.3 Å². The fourth-order valence-electron chi connectivity index (χ4n) is 2.26. The first-order valence-corrected chi connectivity index (χ1v) is 7.97. The van der Waals surface area contributed by atoms with Crippen LogP contribution in [0.25, 0.3) is 0 Å². The Balaban J connectivity index is 1.70. The Morgan fingerprint density at radius 2 is 1.71 bits per heavy atom. The molecule has 0 saturated heterocycles. The number of carbonyl (C=O) groups excluding carboxylic acids is 1. The van der Waals surface area contributed by atoms with E-state index in [1.54, 1.807) is 19.1 Å². The van der Waals surface area contributed by atoms with Gasteiger partial charge in [-0.1, -0.05) is 42.5 Å². The molecule has 2 amide bonds. The molecule has 0 saturated carbocycles. The molecule has 2 aromatic rings. The standard InChI is InChI=1S/C19H23FN2O2/c1-19(24,12-11-15-5-3-2-4-6-15)14-22-18(23)21-13-16-7-9-17(20)10-8-16/h2-10,24H,11-14H2,1H3,(H2,21,22,23)/t19-/m0/s1. The van der Waals surface area contributed by atoms with E-state index in [1.807, 2.05) is 30.3 Å². The third-order valence-electron chi connectivity index (χ3n) is 3.79. The van der Waals surface area contributed by atoms with Crippen LogP contribution in [0.2, 0.25) is 0 Å². The van der Waals surface area contributed by atoms with Crippen molar-refractivity contribution in [1.29, 1.82) is 0 Å². The van der Waals surface area contributed by atoms with Crippen LogP contribution in [0, 0.1) is 5.82 Å². The van der Waals surface area contributed by atoms with E-state index in [1.165, 1.54) is 12.1 Å². The van der Waals surface area contributed by atoms with Crippen LogP contribution in [0.15, 0.2) is 54.6 Å². The summed E-state index contributed by atoms with van der Waals surface area (Å²) < 4.78 is 12.8. The molecule has 128 valence electrons. The van der Waals surface area contributed by atoms with Crippen LogP contribution in [0.1, 0.15) is 24.5 Å². The first kappa shape index (κ1) is 17.9. The SMILES string of the molecule is C[C@](O)(CCc1ccccc1)CNC(=O)NCc1ccc(F)cc1. The summed E-state index contributed by atoms with van der Waals surface area (Å²) in [7, 11) is 0. The van der Waals surface area contributed by atoms with Gasteiger partial charge in [-0.3, -0.25) is 0 Å². The molecule has 0 aromatic heterocycles. The summed E-state index contributed by atoms with van der Waals surface area (Å²) >= 11 is 0. The molecular weight excluding hydrogens is 307 g/mol. The van der Waals surface area contributed by atoms with Gasteiger partial charge in [0, 0.05) is 13.1 Å². The van der Waals surface area contributed by atoms with E-state index in [-0.39, 0.29) is 18.4 Å². The molecule has 1 atom stereocenters. The Morgan fingerprint density at radius 1 is 1.04 bits per heavy atom. The second kappa shape index (κ2) is 8.45. The molecule has 2 aromatic carbocycles. The van der Waals surface area contributed by atoms with Crippen LogP contribution in [0.4, 0.5) is 9.18 Å². The van der Waals surface area contributed by atoms with Crippen molar-refractivity contribution in [3.8, 4) is 0 Å². The van der Waals surface area contributed by atoms with Crippen molar-refractivity contribution >= 4 is 6.03 Å². The molecule has 0 radical (unpaired) electrons. The van der Waals surface area contributed by atoms with E-state index >= 15 is 0 Å². The van der Waals surface area contributed by atoms with Gasteiger partial charge in [0.25, 0.3) is 0 Å². The topological polar surface area (TPSA) is 61.4 Å². The maximum Gasteiger partial charge on any atom is 0.315 e. The fraction of sp³-hybridized carbons (Fsp3) is 0.316. The Bertz CT molecular complexity index is 642. The molecule has 2 rings (SSSR count). The summed E-state index contributed by atoms with van der Waals surface area (Å²) in [6.45, 7) is 2.17. The van der Waals surface area contributed by atoms with Crippen molar-refractivity contribution in [2.75, 3.05) is 6.54 Å². The van der Waals surface area contributed by atoms with Crippen molar-refractivity contribution in [3.05, 3.63) is 71.5 Å². The van der Waals surface area contributed by atoms with Gasteiger partial charge in [-0.25, -0.2) is 9.18 Å². The van der Waals surface area contributed by atoms with Crippen LogP contribution in [0.5, 0.6) is 0 Å². The van der Waals surface area contributed by atoms with Crippen LogP contribution in [0.3, 0.4) is 0 Å². The van der Waals surface area contributed by atoms with E-state index < -0.39 is 5.60 Å². The van der Waals surface area contributed by atoms with Gasteiger partial charge in [0.1, 0.15) is 5.82 Å². The molecule has 0 unspecified atom stereocenters. The van der Waals surface area contributed by atoms with Gasteiger partial charge in [-0.2, -0.15) is 0 Å². The molecule has 0 spiro atoms. The molecule has 0 aliphatic heterocycles. The number of aliphatic hydroxyl groups is 1. The van der Waals surface area contributed by atoms with Gasteiger partial charge in [0.15, 0.2) is 0 Å². The molecule has 4 nitrogen and oxygen atoms in total. The number of nitrogens with one attached hydrogen (secondary N) is 2. The maximum absolute atomic E-state index is 12.8. The first-order chi connectivity index (χ1) is 11.4. The molecule has 0 bridgehead atoms. The van der Waals surface area contributed by atoms with Gasteiger partial charge in [-0.05, 0) is 43.0 Å². The van der Waals surface area contributed by atoms with Crippen molar-refractivity contribution in [3.63, 3.8) is 0 Å². The maximum atomic E-state index is 12.8. The molecule has 0 heterocycles. The molecular formula is C19H23FN2O2. The number of aryl methyl sites for hydroxylation is 1. The molecule has 24 heavy (non-hydrogen) atoms. The highest BCUT2D eigenvalue weighted by Gasteiger charge is 2.20. The fourth-order valence-corrected chi connectivity index (χ4v) is 2.26. The van der Waals surface area contributed by atoms with E-state index in [0.29, 0.717) is 13.0 Å². The third kappa shape index (κ3) is 6.38. The van der Waals surface area contributed by atoms with Crippen molar-refractivity contribution < 1.29 is 14.3 Å². The molecule has 3 N–H and O–H groups in total. The molecule has 0 fully saturated rings. The third-order valence-corrected chi connectivity index (χ3v) is 3.79. The minimum atomic E-state index is -0.983. The second-order valence-corrected chi connectivity index (χ2v) is 6.15. The van der Waals surface area contributed by atoms with Crippen LogP contribution in [-0.2, 0) is 13.0 Å². The number of urea groups is 1. The van der Waals surface area contributed by atoms with Crippen molar-refractivity contribution in [2.45, 2.75) is 31.9 Å². The summed E-state index contributed by atoms with van der Waals surface area (Å²) in [6.07, 6.45) is 1.29. The minimum absolute atomic E-state index is 0.162. The highest BCUT2D eigenvalue weighted by molar-refractivity contribution is 5.73. The minimum Gasteiger partial charge on any atom is -0.388 e. The van der Waals surface area contributed by atoms with Crippen molar-refractivity contribution in [1.82, 2.24) is 10.6 Å². The zero-order valence-electron chi connectivity index (χ0n) is 13.8. The predicted molar refractivity (Wildman–Crippen MR) is 92.0 cm³/mol. The summed E-state index contributed by atoms with van der Waals surface area (Å²) in [5.74, 6) is -0.308. The lowest BCUT2D eigenvalue weighted by atomic mass is 9.97. The van der Waals surface area contributed by atoms with Gasteiger partial charge < -0.3 is 15.7 Å². The Kier molecular flexibility index (Phi) is 6.32. The van der Waals surface area contributed by atoms with Gasteiger partial charge in [-0.15, -0.1) is 0 Å². The number of hydrogen-bond donors (Lipinski definition) is 3. The van der Waals surface area contributed by atoms with Gasteiger partial charge in [0.05, 0.1) is 5.60 Å². The number of hydrogen-bond acceptors (Lipinski definition) is 2. The van der Waals surface area contributed by atoms with E-state index in [2.05, 4.69) is 10.6 Å². The zero-order valence-corrected chi connectivity index (χ0v) is 13.8.